The van der Waals surface area contributed by atoms with Gasteiger partial charge in [-0.2, -0.15) is 13.2 Å². The number of rotatable bonds is 3. The van der Waals surface area contributed by atoms with Crippen LogP contribution in [0, 0.1) is 5.92 Å². The highest BCUT2D eigenvalue weighted by atomic mass is 79.9. The molecule has 4 nitrogen and oxygen atoms in total. The van der Waals surface area contributed by atoms with Gasteiger partial charge in [0, 0.05) is 34.0 Å². The molecule has 10 heteroatoms. The van der Waals surface area contributed by atoms with E-state index in [4.69, 9.17) is 10.7 Å². The van der Waals surface area contributed by atoms with Gasteiger partial charge in [-0.15, -0.1) is 0 Å². The maximum atomic E-state index is 13.1. The maximum Gasteiger partial charge on any atom is 0.418 e. The van der Waals surface area contributed by atoms with E-state index in [9.17, 15) is 26.4 Å². The van der Waals surface area contributed by atoms with Crippen molar-refractivity contribution in [2.45, 2.75) is 12.6 Å². The average Bonchev–Trinajstić information content (AvgIpc) is 2.65. The first kappa shape index (κ1) is 17.6. The van der Waals surface area contributed by atoms with Crippen molar-refractivity contribution in [2.24, 2.45) is 5.92 Å². The lowest BCUT2D eigenvalue weighted by Crippen LogP contribution is -2.28. The molecular weight excluding hydrogens is 411 g/mol. The number of anilines is 1. The summed E-state index contributed by atoms with van der Waals surface area (Å²) in [7, 11) is 1.32. The van der Waals surface area contributed by atoms with Crippen LogP contribution in [0.2, 0.25) is 0 Å². The van der Waals surface area contributed by atoms with Crippen molar-refractivity contribution in [3.8, 4) is 0 Å². The molecule has 122 valence electrons. The molecule has 0 aliphatic carbocycles. The molecule has 2 rings (SSSR count). The van der Waals surface area contributed by atoms with Crippen molar-refractivity contribution in [3.63, 3.8) is 0 Å². The summed E-state index contributed by atoms with van der Waals surface area (Å²) in [5.74, 6) is -1.64. The quantitative estimate of drug-likeness (QED) is 0.705. The molecule has 1 aromatic rings. The Morgan fingerprint density at radius 2 is 2.00 bits per heavy atom. The molecule has 0 saturated carbocycles. The van der Waals surface area contributed by atoms with Crippen LogP contribution in [0.15, 0.2) is 22.7 Å². The molecule has 0 radical (unpaired) electrons. The second-order valence-electron chi connectivity index (χ2n) is 4.94. The minimum absolute atomic E-state index is 0.121. The van der Waals surface area contributed by atoms with E-state index < -0.39 is 38.4 Å². The van der Waals surface area contributed by atoms with Gasteiger partial charge in [0.25, 0.3) is 0 Å². The second-order valence-corrected chi connectivity index (χ2v) is 8.68. The van der Waals surface area contributed by atoms with Gasteiger partial charge in [-0.1, -0.05) is 15.9 Å². The molecule has 1 aliphatic heterocycles. The summed E-state index contributed by atoms with van der Waals surface area (Å²) < 4.78 is 61.7. The van der Waals surface area contributed by atoms with Crippen molar-refractivity contribution in [1.29, 1.82) is 0 Å². The molecule has 0 bridgehead atoms. The van der Waals surface area contributed by atoms with Gasteiger partial charge in [-0.25, -0.2) is 8.42 Å². The van der Waals surface area contributed by atoms with Gasteiger partial charge in [-0.05, 0) is 18.2 Å². The standard InChI is InChI=1S/C12H10BrClF3NO3S/c13-8-1-2-9(12(15,16)17)10(4-8)18-5-7(3-11(18)19)6-22(14,20)21/h1-2,4,7H,3,5-6H2. The van der Waals surface area contributed by atoms with Gasteiger partial charge in [-0.3, -0.25) is 4.79 Å². The SMILES string of the molecule is O=C1CC(CS(=O)(=O)Cl)CN1c1cc(Br)ccc1C(F)(F)F. The van der Waals surface area contributed by atoms with Gasteiger partial charge in [0.15, 0.2) is 0 Å². The van der Waals surface area contributed by atoms with Crippen LogP contribution < -0.4 is 4.90 Å². The number of benzene rings is 1. The van der Waals surface area contributed by atoms with Crippen molar-refractivity contribution in [3.05, 3.63) is 28.2 Å². The maximum absolute atomic E-state index is 13.1. The average molecular weight is 421 g/mol. The molecule has 0 N–H and O–H groups in total. The molecule has 1 aromatic carbocycles. The number of nitrogens with zero attached hydrogens (tertiary/aromatic N) is 1. The molecule has 1 aliphatic rings. The van der Waals surface area contributed by atoms with E-state index in [2.05, 4.69) is 15.9 Å². The molecule has 1 fully saturated rings. The molecule has 1 amide bonds. The largest absolute Gasteiger partial charge is 0.418 e. The van der Waals surface area contributed by atoms with Crippen LogP contribution in [0.1, 0.15) is 12.0 Å². The Hall–Kier alpha value is -0.800. The fraction of sp³-hybridized carbons (Fsp3) is 0.417. The fourth-order valence-electron chi connectivity index (χ4n) is 2.38. The van der Waals surface area contributed by atoms with Crippen LogP contribution in [0.5, 0.6) is 0 Å². The second kappa shape index (κ2) is 6.01. The third-order valence-corrected chi connectivity index (χ3v) is 4.94. The molecule has 0 aromatic heterocycles. The van der Waals surface area contributed by atoms with Crippen LogP contribution in [0.3, 0.4) is 0 Å². The third-order valence-electron chi connectivity index (χ3n) is 3.20. The van der Waals surface area contributed by atoms with Gasteiger partial charge in [0.05, 0.1) is 17.0 Å². The van der Waals surface area contributed by atoms with Crippen LogP contribution in [0.4, 0.5) is 18.9 Å². The Kier molecular flexibility index (Phi) is 4.79. The highest BCUT2D eigenvalue weighted by molar-refractivity contribution is 9.10. The summed E-state index contributed by atoms with van der Waals surface area (Å²) in [6.07, 6.45) is -4.78. The van der Waals surface area contributed by atoms with E-state index in [1.807, 2.05) is 0 Å². The number of carbonyl (C=O) groups is 1. The zero-order chi connectivity index (χ0) is 16.7. The van der Waals surface area contributed by atoms with E-state index in [1.165, 1.54) is 12.1 Å². The number of carbonyl (C=O) groups excluding carboxylic acids is 1. The summed E-state index contributed by atoms with van der Waals surface area (Å²) in [5, 5.41) is 0. The normalized spacial score (nSPS) is 19.8. The van der Waals surface area contributed by atoms with E-state index in [1.54, 1.807) is 0 Å². The van der Waals surface area contributed by atoms with Gasteiger partial charge in [0.1, 0.15) is 0 Å². The molecule has 22 heavy (non-hydrogen) atoms. The van der Waals surface area contributed by atoms with E-state index in [0.717, 1.165) is 11.0 Å². The number of halogens is 5. The Labute approximate surface area is 137 Å². The Bertz CT molecular complexity index is 708. The van der Waals surface area contributed by atoms with Crippen LogP contribution in [0.25, 0.3) is 0 Å². The first-order valence-corrected chi connectivity index (χ1v) is 9.34. The summed E-state index contributed by atoms with van der Waals surface area (Å²) in [4.78, 5) is 12.9. The number of hydrogen-bond acceptors (Lipinski definition) is 3. The first-order valence-electron chi connectivity index (χ1n) is 6.07. The van der Waals surface area contributed by atoms with E-state index in [0.29, 0.717) is 4.47 Å². The van der Waals surface area contributed by atoms with Crippen LogP contribution in [-0.4, -0.2) is 26.6 Å². The van der Waals surface area contributed by atoms with Gasteiger partial charge < -0.3 is 4.90 Å². The lowest BCUT2D eigenvalue weighted by atomic mass is 10.1. The Morgan fingerprint density at radius 3 is 2.55 bits per heavy atom. The Balaban J connectivity index is 2.36. The summed E-state index contributed by atoms with van der Waals surface area (Å²) in [5.41, 5.74) is -1.24. The molecule has 1 atom stereocenters. The molecule has 1 unspecified atom stereocenters. The minimum Gasteiger partial charge on any atom is -0.311 e. The lowest BCUT2D eigenvalue weighted by molar-refractivity contribution is -0.137. The van der Waals surface area contributed by atoms with Crippen LogP contribution in [-0.2, 0) is 20.0 Å². The van der Waals surface area contributed by atoms with Crippen LogP contribution >= 0.6 is 26.6 Å². The fourth-order valence-corrected chi connectivity index (χ4v) is 4.05. The van der Waals surface area contributed by atoms with Crippen molar-refractivity contribution in [1.82, 2.24) is 0 Å². The van der Waals surface area contributed by atoms with Crippen molar-refractivity contribution in [2.75, 3.05) is 17.2 Å². The lowest BCUT2D eigenvalue weighted by Gasteiger charge is -2.22. The van der Waals surface area contributed by atoms with Gasteiger partial charge in [0.2, 0.25) is 15.0 Å². The number of alkyl halides is 3. The molecule has 0 spiro atoms. The highest BCUT2D eigenvalue weighted by Crippen LogP contribution is 2.40. The van der Waals surface area contributed by atoms with E-state index in [-0.39, 0.29) is 18.7 Å². The van der Waals surface area contributed by atoms with Crippen molar-refractivity contribution >= 4 is 47.3 Å². The molecule has 1 saturated heterocycles. The molecular formula is C12H10BrClF3NO3S. The van der Waals surface area contributed by atoms with Gasteiger partial charge >= 0.3 is 6.18 Å². The van der Waals surface area contributed by atoms with E-state index >= 15 is 0 Å². The summed E-state index contributed by atoms with van der Waals surface area (Å²) in [6, 6.07) is 3.30. The third kappa shape index (κ3) is 4.14. The van der Waals surface area contributed by atoms with Crippen molar-refractivity contribution < 1.29 is 26.4 Å². The smallest absolute Gasteiger partial charge is 0.311 e. The molecule has 1 heterocycles. The predicted octanol–water partition coefficient (Wildman–Crippen LogP) is 3.39. The minimum atomic E-state index is -4.62. The topological polar surface area (TPSA) is 54.5 Å². The zero-order valence-electron chi connectivity index (χ0n) is 10.9. The highest BCUT2D eigenvalue weighted by Gasteiger charge is 2.40. The summed E-state index contributed by atoms with van der Waals surface area (Å²) >= 11 is 3.07. The number of hydrogen-bond donors (Lipinski definition) is 0. The zero-order valence-corrected chi connectivity index (χ0v) is 14.1. The monoisotopic (exact) mass is 419 g/mol. The summed E-state index contributed by atoms with van der Waals surface area (Å²) in [6.45, 7) is -0.121. The first-order chi connectivity index (χ1) is 9.97. The Morgan fingerprint density at radius 1 is 1.36 bits per heavy atom. The predicted molar refractivity (Wildman–Crippen MR) is 79.2 cm³/mol. The number of amides is 1.